The average Bonchev–Trinajstić information content (AvgIpc) is 2.43. The zero-order valence-electron chi connectivity index (χ0n) is 10.8. The van der Waals surface area contributed by atoms with Gasteiger partial charge in [0.05, 0.1) is 5.02 Å². The molecule has 2 aromatic rings. The van der Waals surface area contributed by atoms with E-state index in [1.165, 1.54) is 6.07 Å². The summed E-state index contributed by atoms with van der Waals surface area (Å²) in [6, 6.07) is 12.4. The molecule has 0 heterocycles. The molecule has 0 amide bonds. The largest absolute Gasteiger partial charge is 0.396 e. The van der Waals surface area contributed by atoms with E-state index < -0.39 is 5.82 Å². The van der Waals surface area contributed by atoms with E-state index in [1.807, 2.05) is 18.2 Å². The molecule has 0 aliphatic carbocycles. The third-order valence-corrected chi connectivity index (χ3v) is 3.74. The molecule has 0 aromatic heterocycles. The van der Waals surface area contributed by atoms with Gasteiger partial charge in [0.2, 0.25) is 0 Å². The molecule has 1 atom stereocenters. The van der Waals surface area contributed by atoms with Crippen molar-refractivity contribution in [3.63, 3.8) is 0 Å². The van der Waals surface area contributed by atoms with E-state index in [1.54, 1.807) is 18.2 Å². The zero-order chi connectivity index (χ0) is 14.5. The molecular formula is C16H15Cl2FO. The Morgan fingerprint density at radius 1 is 1.05 bits per heavy atom. The Morgan fingerprint density at radius 2 is 1.80 bits per heavy atom. The summed E-state index contributed by atoms with van der Waals surface area (Å²) in [7, 11) is 0. The van der Waals surface area contributed by atoms with Crippen LogP contribution in [0.5, 0.6) is 0 Å². The van der Waals surface area contributed by atoms with E-state index in [2.05, 4.69) is 0 Å². The lowest BCUT2D eigenvalue weighted by molar-refractivity contribution is 0.224. The van der Waals surface area contributed by atoms with Crippen LogP contribution in [0.3, 0.4) is 0 Å². The molecule has 1 unspecified atom stereocenters. The third-order valence-electron chi connectivity index (χ3n) is 3.21. The summed E-state index contributed by atoms with van der Waals surface area (Å²) in [5.74, 6) is -0.472. The average molecular weight is 313 g/mol. The minimum absolute atomic E-state index is 0.0154. The molecule has 1 nitrogen and oxygen atoms in total. The van der Waals surface area contributed by atoms with E-state index in [0.29, 0.717) is 23.4 Å². The molecule has 0 bridgehead atoms. The van der Waals surface area contributed by atoms with Gasteiger partial charge in [0.25, 0.3) is 0 Å². The first-order valence-electron chi connectivity index (χ1n) is 6.38. The lowest BCUT2D eigenvalue weighted by atomic mass is 9.93. The number of hydrogen-bond donors (Lipinski definition) is 1. The first kappa shape index (κ1) is 15.3. The first-order chi connectivity index (χ1) is 9.60. The van der Waals surface area contributed by atoms with Crippen LogP contribution >= 0.6 is 23.2 Å². The molecule has 0 spiro atoms. The van der Waals surface area contributed by atoms with Crippen LogP contribution < -0.4 is 0 Å². The Hall–Kier alpha value is -1.09. The van der Waals surface area contributed by atoms with Gasteiger partial charge in [0, 0.05) is 11.6 Å². The molecule has 4 heteroatoms. The van der Waals surface area contributed by atoms with Crippen LogP contribution in [0.1, 0.15) is 11.1 Å². The van der Waals surface area contributed by atoms with Gasteiger partial charge in [0.15, 0.2) is 0 Å². The third kappa shape index (κ3) is 3.95. The van der Waals surface area contributed by atoms with E-state index >= 15 is 0 Å². The van der Waals surface area contributed by atoms with Gasteiger partial charge in [-0.05, 0) is 48.1 Å². The van der Waals surface area contributed by atoms with E-state index in [-0.39, 0.29) is 17.5 Å². The molecule has 2 rings (SSSR count). The second-order valence-corrected chi connectivity index (χ2v) is 5.64. The van der Waals surface area contributed by atoms with Crippen molar-refractivity contribution in [1.29, 1.82) is 0 Å². The normalized spacial score (nSPS) is 12.4. The van der Waals surface area contributed by atoms with Crippen molar-refractivity contribution in [2.75, 3.05) is 6.61 Å². The number of halogens is 3. The van der Waals surface area contributed by atoms with Crippen LogP contribution in [-0.4, -0.2) is 11.7 Å². The van der Waals surface area contributed by atoms with Gasteiger partial charge in [-0.3, -0.25) is 0 Å². The van der Waals surface area contributed by atoms with Gasteiger partial charge in [0.1, 0.15) is 5.82 Å². The molecule has 0 aliphatic heterocycles. The van der Waals surface area contributed by atoms with Gasteiger partial charge >= 0.3 is 0 Å². The first-order valence-corrected chi connectivity index (χ1v) is 7.14. The Morgan fingerprint density at radius 3 is 2.50 bits per heavy atom. The highest BCUT2D eigenvalue weighted by Gasteiger charge is 2.14. The summed E-state index contributed by atoms with van der Waals surface area (Å²) in [6.07, 6.45) is 1.08. The Balaban J connectivity index is 2.11. The molecule has 0 saturated heterocycles. The van der Waals surface area contributed by atoms with Crippen LogP contribution in [-0.2, 0) is 12.8 Å². The van der Waals surface area contributed by atoms with Crippen LogP contribution in [0, 0.1) is 11.7 Å². The molecule has 106 valence electrons. The Kier molecular flexibility index (Phi) is 5.41. The quantitative estimate of drug-likeness (QED) is 0.860. The summed E-state index contributed by atoms with van der Waals surface area (Å²) < 4.78 is 13.9. The Labute approximate surface area is 128 Å². The van der Waals surface area contributed by atoms with Gasteiger partial charge in [-0.25, -0.2) is 4.39 Å². The minimum Gasteiger partial charge on any atom is -0.396 e. The highest BCUT2D eigenvalue weighted by molar-refractivity contribution is 6.31. The van der Waals surface area contributed by atoms with Crippen molar-refractivity contribution >= 4 is 23.2 Å². The molecule has 0 radical (unpaired) electrons. The van der Waals surface area contributed by atoms with Crippen molar-refractivity contribution in [3.8, 4) is 0 Å². The predicted octanol–water partition coefficient (Wildman–Crippen LogP) is 4.53. The smallest absolute Gasteiger partial charge is 0.144 e. The van der Waals surface area contributed by atoms with Crippen LogP contribution in [0.25, 0.3) is 0 Å². The highest BCUT2D eigenvalue weighted by Crippen LogP contribution is 2.22. The van der Waals surface area contributed by atoms with Gasteiger partial charge in [-0.15, -0.1) is 0 Å². The molecule has 0 aliphatic rings. The summed E-state index contributed by atoms with van der Waals surface area (Å²) in [5.41, 5.74) is 1.55. The number of hydrogen-bond acceptors (Lipinski definition) is 1. The number of aliphatic hydroxyl groups is 1. The monoisotopic (exact) mass is 312 g/mol. The second kappa shape index (κ2) is 7.07. The molecule has 20 heavy (non-hydrogen) atoms. The summed E-state index contributed by atoms with van der Waals surface area (Å²) in [4.78, 5) is 0. The molecule has 1 N–H and O–H groups in total. The van der Waals surface area contributed by atoms with Crippen molar-refractivity contribution in [2.45, 2.75) is 12.8 Å². The van der Waals surface area contributed by atoms with Crippen molar-refractivity contribution in [3.05, 3.63) is 69.5 Å². The minimum atomic E-state index is -0.404. The molecule has 0 fully saturated rings. The maximum atomic E-state index is 13.9. The fourth-order valence-electron chi connectivity index (χ4n) is 2.22. The highest BCUT2D eigenvalue weighted by atomic mass is 35.5. The summed E-state index contributed by atoms with van der Waals surface area (Å²) in [6.45, 7) is -0.0154. The SMILES string of the molecule is OCC(Cc1cccc(Cl)c1)Cc1cccc(Cl)c1F. The summed E-state index contributed by atoms with van der Waals surface area (Å²) in [5, 5.41) is 10.3. The second-order valence-electron chi connectivity index (χ2n) is 4.80. The van der Waals surface area contributed by atoms with Crippen molar-refractivity contribution < 1.29 is 9.50 Å². The number of benzene rings is 2. The lowest BCUT2D eigenvalue weighted by Crippen LogP contribution is -2.14. The summed E-state index contributed by atoms with van der Waals surface area (Å²) >= 11 is 11.7. The molecular weight excluding hydrogens is 298 g/mol. The standard InChI is InChI=1S/C16H15Cl2FO/c17-14-5-1-3-11(9-14)7-12(10-20)8-13-4-2-6-15(18)16(13)19/h1-6,9,12,20H,7-8,10H2. The topological polar surface area (TPSA) is 20.2 Å². The van der Waals surface area contributed by atoms with Crippen LogP contribution in [0.2, 0.25) is 10.0 Å². The zero-order valence-corrected chi connectivity index (χ0v) is 12.3. The van der Waals surface area contributed by atoms with Crippen molar-refractivity contribution in [1.82, 2.24) is 0 Å². The van der Waals surface area contributed by atoms with Crippen LogP contribution in [0.15, 0.2) is 42.5 Å². The van der Waals surface area contributed by atoms with E-state index in [4.69, 9.17) is 23.2 Å². The predicted molar refractivity (Wildman–Crippen MR) is 80.8 cm³/mol. The Bertz CT molecular complexity index is 586. The van der Waals surface area contributed by atoms with Gasteiger partial charge in [-0.1, -0.05) is 47.5 Å². The number of aliphatic hydroxyl groups excluding tert-OH is 1. The molecule has 2 aromatic carbocycles. The molecule has 0 saturated carbocycles. The van der Waals surface area contributed by atoms with Crippen LogP contribution in [0.4, 0.5) is 4.39 Å². The van der Waals surface area contributed by atoms with Gasteiger partial charge < -0.3 is 5.11 Å². The fourth-order valence-corrected chi connectivity index (χ4v) is 2.62. The van der Waals surface area contributed by atoms with E-state index in [0.717, 1.165) is 5.56 Å². The number of rotatable bonds is 5. The maximum absolute atomic E-state index is 13.9. The van der Waals surface area contributed by atoms with Crippen molar-refractivity contribution in [2.24, 2.45) is 5.92 Å². The van der Waals surface area contributed by atoms with E-state index in [9.17, 15) is 9.50 Å². The lowest BCUT2D eigenvalue weighted by Gasteiger charge is -2.15. The fraction of sp³-hybridized carbons (Fsp3) is 0.250. The maximum Gasteiger partial charge on any atom is 0.144 e. The van der Waals surface area contributed by atoms with Gasteiger partial charge in [-0.2, -0.15) is 0 Å².